The summed E-state index contributed by atoms with van der Waals surface area (Å²) in [6, 6.07) is 8.76. The van der Waals surface area contributed by atoms with E-state index in [4.69, 9.17) is 0 Å². The van der Waals surface area contributed by atoms with Crippen LogP contribution in [0.5, 0.6) is 0 Å². The first-order valence-corrected chi connectivity index (χ1v) is 8.56. The van der Waals surface area contributed by atoms with Crippen LogP contribution in [-0.4, -0.2) is 25.5 Å². The van der Waals surface area contributed by atoms with E-state index in [0.717, 1.165) is 19.4 Å². The molecule has 0 atom stereocenters. The van der Waals surface area contributed by atoms with Crippen LogP contribution in [0, 0.1) is 0 Å². The highest BCUT2D eigenvalue weighted by atomic mass is 32.2. The van der Waals surface area contributed by atoms with Gasteiger partial charge in [-0.15, -0.1) is 0 Å². The fourth-order valence-corrected chi connectivity index (χ4v) is 4.78. The van der Waals surface area contributed by atoms with Gasteiger partial charge >= 0.3 is 0 Å². The number of fused-ring (bicyclic) bond motifs is 2. The third-order valence-electron chi connectivity index (χ3n) is 3.43. The molecule has 3 heteroatoms. The molecule has 0 aromatic heterocycles. The maximum absolute atomic E-state index is 2.27. The Morgan fingerprint density at radius 2 is 1.85 bits per heavy atom. The highest BCUT2D eigenvalue weighted by molar-refractivity contribution is 8.07. The third kappa shape index (κ3) is 3.05. The van der Waals surface area contributed by atoms with E-state index in [0.29, 0.717) is 0 Å². The van der Waals surface area contributed by atoms with Crippen LogP contribution in [0.15, 0.2) is 67.7 Å². The van der Waals surface area contributed by atoms with E-state index in [2.05, 4.69) is 61.5 Å². The number of hydrogen-bond donors (Lipinski definition) is 0. The van der Waals surface area contributed by atoms with Crippen molar-refractivity contribution in [2.45, 2.75) is 22.6 Å². The minimum Gasteiger partial charge on any atom is -0.309 e. The van der Waals surface area contributed by atoms with E-state index < -0.39 is 0 Å². The van der Waals surface area contributed by atoms with Gasteiger partial charge in [-0.25, -0.2) is 0 Å². The van der Waals surface area contributed by atoms with Crippen LogP contribution in [0.1, 0.15) is 12.8 Å². The van der Waals surface area contributed by atoms with Crippen molar-refractivity contribution in [3.8, 4) is 0 Å². The molecule has 0 amide bonds. The van der Waals surface area contributed by atoms with E-state index in [1.54, 1.807) is 0 Å². The van der Waals surface area contributed by atoms with Crippen LogP contribution < -0.4 is 0 Å². The van der Waals surface area contributed by atoms with Gasteiger partial charge in [0.05, 0.1) is 0 Å². The van der Waals surface area contributed by atoms with Gasteiger partial charge in [0.2, 0.25) is 0 Å². The Morgan fingerprint density at radius 1 is 1.10 bits per heavy atom. The van der Waals surface area contributed by atoms with E-state index in [9.17, 15) is 0 Å². The Kier molecular flexibility index (Phi) is 4.39. The van der Waals surface area contributed by atoms with Crippen molar-refractivity contribution in [3.63, 3.8) is 0 Å². The normalized spacial score (nSPS) is 17.6. The van der Waals surface area contributed by atoms with Gasteiger partial charge in [0, 0.05) is 21.2 Å². The van der Waals surface area contributed by atoms with Crippen LogP contribution in [0.4, 0.5) is 0 Å². The molecule has 1 aliphatic heterocycles. The highest BCUT2D eigenvalue weighted by Gasteiger charge is 2.21. The molecule has 0 saturated heterocycles. The molecule has 1 aliphatic carbocycles. The smallest absolute Gasteiger partial charge is 0.0261 e. The number of thioether (sulfide) groups is 2. The minimum atomic E-state index is 1.07. The second-order valence-electron chi connectivity index (χ2n) is 5.27. The number of hydrogen-bond acceptors (Lipinski definition) is 3. The van der Waals surface area contributed by atoms with Crippen molar-refractivity contribution < 1.29 is 0 Å². The van der Waals surface area contributed by atoms with E-state index in [1.165, 1.54) is 25.2 Å². The molecule has 0 unspecified atom stereocenters. The van der Waals surface area contributed by atoms with E-state index in [-0.39, 0.29) is 0 Å². The maximum Gasteiger partial charge on any atom is 0.0261 e. The first-order chi connectivity index (χ1) is 9.74. The average molecular weight is 301 g/mol. The largest absolute Gasteiger partial charge is 0.309 e. The molecule has 3 rings (SSSR count). The van der Waals surface area contributed by atoms with Gasteiger partial charge in [0.1, 0.15) is 0 Å². The van der Waals surface area contributed by atoms with Crippen molar-refractivity contribution in [3.05, 3.63) is 57.9 Å². The Labute approximate surface area is 129 Å². The van der Waals surface area contributed by atoms with Crippen molar-refractivity contribution in [2.24, 2.45) is 0 Å². The zero-order valence-electron chi connectivity index (χ0n) is 11.9. The molecule has 0 fully saturated rings. The molecule has 0 N–H and O–H groups in total. The SMILES string of the molecule is CN(C)CCC1=C2CC=CC=C2Sc2ccccc2S1. The van der Waals surface area contributed by atoms with Gasteiger partial charge in [-0.05, 0) is 55.6 Å². The minimum absolute atomic E-state index is 1.07. The zero-order valence-corrected chi connectivity index (χ0v) is 13.6. The monoisotopic (exact) mass is 301 g/mol. The Balaban J connectivity index is 1.98. The van der Waals surface area contributed by atoms with E-state index >= 15 is 0 Å². The standard InChI is InChI=1S/C17H19NS2/c1-18(2)12-11-15-13-7-3-4-8-14(13)19-16-9-5-6-10-17(16)20-15/h3-6,8-10H,7,11-12H2,1-2H3. The fraction of sp³-hybridized carbons (Fsp3) is 0.294. The number of nitrogens with zero attached hydrogens (tertiary/aromatic N) is 1. The Bertz CT molecular complexity index is 597. The van der Waals surface area contributed by atoms with Gasteiger partial charge in [-0.1, -0.05) is 47.8 Å². The molecular weight excluding hydrogens is 282 g/mol. The van der Waals surface area contributed by atoms with Crippen molar-refractivity contribution >= 4 is 23.5 Å². The Hall–Kier alpha value is -0.900. The van der Waals surface area contributed by atoms with Gasteiger partial charge in [-0.2, -0.15) is 0 Å². The topological polar surface area (TPSA) is 3.24 Å². The van der Waals surface area contributed by atoms with Crippen molar-refractivity contribution in [1.82, 2.24) is 4.90 Å². The lowest BCUT2D eigenvalue weighted by molar-refractivity contribution is 0.415. The summed E-state index contributed by atoms with van der Waals surface area (Å²) in [7, 11) is 4.29. The van der Waals surface area contributed by atoms with Crippen LogP contribution in [0.3, 0.4) is 0 Å². The molecule has 0 saturated carbocycles. The second-order valence-corrected chi connectivity index (χ2v) is 7.49. The predicted octanol–water partition coefficient (Wildman–Crippen LogP) is 4.93. The third-order valence-corrected chi connectivity index (χ3v) is 6.01. The number of rotatable bonds is 3. The van der Waals surface area contributed by atoms with Gasteiger partial charge in [0.25, 0.3) is 0 Å². The van der Waals surface area contributed by atoms with Crippen LogP contribution in [-0.2, 0) is 0 Å². The summed E-state index contributed by atoms with van der Waals surface area (Å²) in [4.78, 5) is 8.01. The van der Waals surface area contributed by atoms with Crippen LogP contribution in [0.2, 0.25) is 0 Å². The molecule has 20 heavy (non-hydrogen) atoms. The fourth-order valence-electron chi connectivity index (χ4n) is 2.35. The molecule has 0 bridgehead atoms. The predicted molar refractivity (Wildman–Crippen MR) is 90.2 cm³/mol. The molecule has 1 aromatic rings. The summed E-state index contributed by atoms with van der Waals surface area (Å²) in [5.74, 6) is 0. The molecule has 1 nitrogen and oxygen atoms in total. The summed E-state index contributed by atoms with van der Waals surface area (Å²) < 4.78 is 0. The number of allylic oxidation sites excluding steroid dienone is 4. The second kappa shape index (κ2) is 6.25. The summed E-state index contributed by atoms with van der Waals surface area (Å²) in [5.41, 5.74) is 1.53. The van der Waals surface area contributed by atoms with E-state index in [1.807, 2.05) is 23.5 Å². The summed E-state index contributed by atoms with van der Waals surface area (Å²) in [6.07, 6.45) is 8.93. The lowest BCUT2D eigenvalue weighted by Gasteiger charge is -2.17. The Morgan fingerprint density at radius 3 is 2.60 bits per heavy atom. The maximum atomic E-state index is 2.27. The molecule has 2 aliphatic rings. The molecular formula is C17H19NS2. The molecule has 0 spiro atoms. The summed E-state index contributed by atoms with van der Waals surface area (Å²) in [6.45, 7) is 1.11. The van der Waals surface area contributed by atoms with Gasteiger partial charge in [-0.3, -0.25) is 0 Å². The van der Waals surface area contributed by atoms with Crippen molar-refractivity contribution in [2.75, 3.05) is 20.6 Å². The molecule has 1 heterocycles. The van der Waals surface area contributed by atoms with Gasteiger partial charge < -0.3 is 4.90 Å². The first-order valence-electron chi connectivity index (χ1n) is 6.93. The summed E-state index contributed by atoms with van der Waals surface area (Å²) in [5, 5.41) is 0. The summed E-state index contributed by atoms with van der Waals surface area (Å²) >= 11 is 3.88. The molecule has 0 radical (unpaired) electrons. The highest BCUT2D eigenvalue weighted by Crippen LogP contribution is 2.49. The zero-order chi connectivity index (χ0) is 13.9. The molecule has 1 aromatic carbocycles. The lowest BCUT2D eigenvalue weighted by Crippen LogP contribution is -2.13. The average Bonchev–Trinajstić information content (AvgIpc) is 2.61. The molecule has 104 valence electrons. The van der Waals surface area contributed by atoms with Crippen molar-refractivity contribution in [1.29, 1.82) is 0 Å². The lowest BCUT2D eigenvalue weighted by atomic mass is 10.1. The first kappa shape index (κ1) is 14.1. The van der Waals surface area contributed by atoms with Crippen LogP contribution in [0.25, 0.3) is 0 Å². The number of benzene rings is 1. The quantitative estimate of drug-likeness (QED) is 0.779. The van der Waals surface area contributed by atoms with Gasteiger partial charge in [0.15, 0.2) is 0 Å². The van der Waals surface area contributed by atoms with Crippen LogP contribution >= 0.6 is 23.5 Å².